The molecular formula is C19H18N2O4S. The topological polar surface area (TPSA) is 66.9 Å². The maximum absolute atomic E-state index is 12.9. The van der Waals surface area contributed by atoms with Crippen LogP contribution in [0.15, 0.2) is 54.6 Å². The van der Waals surface area contributed by atoms with E-state index in [0.717, 1.165) is 16.7 Å². The van der Waals surface area contributed by atoms with Gasteiger partial charge in [0.1, 0.15) is 5.75 Å². The highest BCUT2D eigenvalue weighted by Crippen LogP contribution is 2.36. The quantitative estimate of drug-likeness (QED) is 0.803. The molecule has 3 rings (SSSR count). The number of thioether (sulfide) groups is 1. The fourth-order valence-corrected chi connectivity index (χ4v) is 3.80. The fraction of sp³-hybridized carbons (Fsp3) is 0.211. The largest absolute Gasteiger partial charge is 0.494 e. The van der Waals surface area contributed by atoms with E-state index in [4.69, 9.17) is 4.74 Å². The first kappa shape index (κ1) is 18.0. The smallest absolute Gasteiger partial charge is 0.295 e. The Morgan fingerprint density at radius 2 is 1.77 bits per heavy atom. The van der Waals surface area contributed by atoms with Crippen molar-refractivity contribution in [2.24, 2.45) is 0 Å². The molecule has 2 aromatic rings. The minimum Gasteiger partial charge on any atom is -0.494 e. The lowest BCUT2D eigenvalue weighted by Crippen LogP contribution is -2.44. The zero-order valence-corrected chi connectivity index (χ0v) is 15.2. The number of hydrogen-bond donors (Lipinski definition) is 0. The van der Waals surface area contributed by atoms with E-state index in [2.05, 4.69) is 0 Å². The molecule has 0 N–H and O–H groups in total. The zero-order valence-electron chi connectivity index (χ0n) is 14.4. The van der Waals surface area contributed by atoms with Gasteiger partial charge in [-0.05, 0) is 55.1 Å². The lowest BCUT2D eigenvalue weighted by atomic mass is 10.2. The number of benzene rings is 2. The van der Waals surface area contributed by atoms with Crippen LogP contribution in [0.1, 0.15) is 13.8 Å². The molecule has 0 saturated carbocycles. The standard InChI is InChI=1S/C19H18N2O4S/c1-3-25-16-11-9-15(10-12-16)20(13(2)22)18-17(23)21(19(24)26-18)14-7-5-4-6-8-14/h4-12,18H,3H2,1-2H3/t18-/m0/s1. The van der Waals surface area contributed by atoms with Crippen molar-refractivity contribution in [1.82, 2.24) is 0 Å². The number of carbonyl (C=O) groups excluding carboxylic acids is 3. The molecule has 0 aromatic heterocycles. The summed E-state index contributed by atoms with van der Waals surface area (Å²) in [7, 11) is 0. The second-order valence-electron chi connectivity index (χ2n) is 5.56. The van der Waals surface area contributed by atoms with Gasteiger partial charge in [-0.2, -0.15) is 0 Å². The van der Waals surface area contributed by atoms with E-state index < -0.39 is 16.5 Å². The highest BCUT2D eigenvalue weighted by Gasteiger charge is 2.45. The first-order valence-electron chi connectivity index (χ1n) is 8.15. The Bertz CT molecular complexity index is 823. The number of carbonyl (C=O) groups is 3. The van der Waals surface area contributed by atoms with Gasteiger partial charge in [-0.25, -0.2) is 4.90 Å². The molecule has 0 unspecified atom stereocenters. The van der Waals surface area contributed by atoms with Gasteiger partial charge in [-0.1, -0.05) is 18.2 Å². The zero-order chi connectivity index (χ0) is 18.7. The van der Waals surface area contributed by atoms with Gasteiger partial charge < -0.3 is 4.74 Å². The van der Waals surface area contributed by atoms with Gasteiger partial charge in [0.15, 0.2) is 5.37 Å². The molecule has 1 aliphatic heterocycles. The SMILES string of the molecule is CCOc1ccc(N(C(C)=O)[C@H]2SC(=O)N(c3ccccc3)C2=O)cc1. The summed E-state index contributed by atoms with van der Waals surface area (Å²) >= 11 is 0.834. The Labute approximate surface area is 155 Å². The van der Waals surface area contributed by atoms with Crippen molar-refractivity contribution < 1.29 is 19.1 Å². The molecule has 134 valence electrons. The molecule has 2 aromatic carbocycles. The van der Waals surface area contributed by atoms with E-state index in [1.54, 1.807) is 54.6 Å². The molecular weight excluding hydrogens is 352 g/mol. The minimum atomic E-state index is -0.932. The fourth-order valence-electron chi connectivity index (χ4n) is 2.72. The number of nitrogens with zero attached hydrogens (tertiary/aromatic N) is 2. The summed E-state index contributed by atoms with van der Waals surface area (Å²) in [5, 5.41) is -1.33. The third-order valence-corrected chi connectivity index (χ3v) is 4.86. The molecule has 3 amide bonds. The van der Waals surface area contributed by atoms with Gasteiger partial charge in [0, 0.05) is 12.6 Å². The van der Waals surface area contributed by atoms with Crippen LogP contribution in [0.25, 0.3) is 0 Å². The molecule has 1 atom stereocenters. The average Bonchev–Trinajstić information content (AvgIpc) is 2.91. The van der Waals surface area contributed by atoms with Gasteiger partial charge in [-0.15, -0.1) is 0 Å². The number of imide groups is 1. The molecule has 0 bridgehead atoms. The Hall–Kier alpha value is -2.80. The van der Waals surface area contributed by atoms with Crippen LogP contribution in [0.4, 0.5) is 16.2 Å². The molecule has 1 fully saturated rings. The monoisotopic (exact) mass is 370 g/mol. The Kier molecular flexibility index (Phi) is 5.27. The van der Waals surface area contributed by atoms with Crippen LogP contribution >= 0.6 is 11.8 Å². The predicted molar refractivity (Wildman–Crippen MR) is 101 cm³/mol. The number of rotatable bonds is 5. The molecule has 1 aliphatic rings. The maximum atomic E-state index is 12.9. The minimum absolute atomic E-state index is 0.317. The molecule has 7 heteroatoms. The summed E-state index contributed by atoms with van der Waals surface area (Å²) in [4.78, 5) is 40.0. The predicted octanol–water partition coefficient (Wildman–Crippen LogP) is 3.66. The van der Waals surface area contributed by atoms with Gasteiger partial charge >= 0.3 is 0 Å². The average molecular weight is 370 g/mol. The number of anilines is 2. The summed E-state index contributed by atoms with van der Waals surface area (Å²) in [5.74, 6) is -0.0786. The number of ether oxygens (including phenoxy) is 1. The van der Waals surface area contributed by atoms with Crippen molar-refractivity contribution in [3.05, 3.63) is 54.6 Å². The summed E-state index contributed by atoms with van der Waals surface area (Å²) < 4.78 is 5.40. The lowest BCUT2D eigenvalue weighted by molar-refractivity contribution is -0.121. The summed E-state index contributed by atoms with van der Waals surface area (Å²) in [6.45, 7) is 3.79. The molecule has 0 radical (unpaired) electrons. The van der Waals surface area contributed by atoms with Gasteiger partial charge in [0.05, 0.1) is 12.3 Å². The maximum Gasteiger partial charge on any atom is 0.295 e. The lowest BCUT2D eigenvalue weighted by Gasteiger charge is -2.25. The van der Waals surface area contributed by atoms with Crippen molar-refractivity contribution in [2.45, 2.75) is 19.2 Å². The molecule has 0 aliphatic carbocycles. The van der Waals surface area contributed by atoms with E-state index in [1.165, 1.54) is 11.8 Å². The number of hydrogen-bond acceptors (Lipinski definition) is 5. The second kappa shape index (κ2) is 7.61. The summed E-state index contributed by atoms with van der Waals surface area (Å²) in [6.07, 6.45) is 0. The van der Waals surface area contributed by atoms with Crippen LogP contribution in [0.3, 0.4) is 0 Å². The van der Waals surface area contributed by atoms with E-state index in [-0.39, 0.29) is 5.91 Å². The first-order chi connectivity index (χ1) is 12.5. The van der Waals surface area contributed by atoms with Gasteiger partial charge in [0.25, 0.3) is 11.1 Å². The third kappa shape index (κ3) is 3.43. The molecule has 1 saturated heterocycles. The highest BCUT2D eigenvalue weighted by molar-refractivity contribution is 8.16. The normalized spacial score (nSPS) is 16.7. The summed E-state index contributed by atoms with van der Waals surface area (Å²) in [6, 6.07) is 15.6. The Balaban J connectivity index is 1.90. The van der Waals surface area contributed by atoms with Crippen molar-refractivity contribution in [2.75, 3.05) is 16.4 Å². The second-order valence-corrected chi connectivity index (χ2v) is 6.59. The molecule has 26 heavy (non-hydrogen) atoms. The van der Waals surface area contributed by atoms with Crippen molar-refractivity contribution >= 4 is 40.2 Å². The molecule has 0 spiro atoms. The van der Waals surface area contributed by atoms with Crippen LogP contribution in [-0.4, -0.2) is 29.0 Å². The third-order valence-electron chi connectivity index (χ3n) is 3.84. The van der Waals surface area contributed by atoms with Crippen LogP contribution in [0.2, 0.25) is 0 Å². The molecule has 1 heterocycles. The van der Waals surface area contributed by atoms with E-state index in [9.17, 15) is 14.4 Å². The van der Waals surface area contributed by atoms with E-state index in [0.29, 0.717) is 23.7 Å². The Morgan fingerprint density at radius 3 is 2.35 bits per heavy atom. The van der Waals surface area contributed by atoms with Gasteiger partial charge in [-0.3, -0.25) is 19.3 Å². The number of amides is 3. The van der Waals surface area contributed by atoms with E-state index in [1.807, 2.05) is 6.92 Å². The number of para-hydroxylation sites is 1. The van der Waals surface area contributed by atoms with Crippen LogP contribution in [0.5, 0.6) is 5.75 Å². The Morgan fingerprint density at radius 1 is 1.12 bits per heavy atom. The summed E-state index contributed by atoms with van der Waals surface area (Å²) in [5.41, 5.74) is 1.03. The van der Waals surface area contributed by atoms with Crippen LogP contribution in [0, 0.1) is 0 Å². The van der Waals surface area contributed by atoms with Crippen LogP contribution in [-0.2, 0) is 9.59 Å². The van der Waals surface area contributed by atoms with Crippen LogP contribution < -0.4 is 14.5 Å². The van der Waals surface area contributed by atoms with Crippen molar-refractivity contribution in [1.29, 1.82) is 0 Å². The van der Waals surface area contributed by atoms with Crippen molar-refractivity contribution in [3.8, 4) is 5.75 Å². The first-order valence-corrected chi connectivity index (χ1v) is 9.03. The van der Waals surface area contributed by atoms with Gasteiger partial charge in [0.2, 0.25) is 5.91 Å². The van der Waals surface area contributed by atoms with Crippen molar-refractivity contribution in [3.63, 3.8) is 0 Å². The van der Waals surface area contributed by atoms with E-state index >= 15 is 0 Å². The highest BCUT2D eigenvalue weighted by atomic mass is 32.2. The molecule has 6 nitrogen and oxygen atoms in total.